The Kier molecular flexibility index (Phi) is 8.54. The van der Waals surface area contributed by atoms with Crippen LogP contribution in [0.15, 0.2) is 12.3 Å². The Morgan fingerprint density at radius 2 is 1.95 bits per heavy atom. The highest BCUT2D eigenvalue weighted by Crippen LogP contribution is 2.08. The van der Waals surface area contributed by atoms with E-state index in [0.29, 0.717) is 12.3 Å². The van der Waals surface area contributed by atoms with Gasteiger partial charge in [0, 0.05) is 18.1 Å². The van der Waals surface area contributed by atoms with E-state index in [0.717, 1.165) is 18.3 Å². The summed E-state index contributed by atoms with van der Waals surface area (Å²) < 4.78 is 6.73. The van der Waals surface area contributed by atoms with Crippen molar-refractivity contribution >= 4 is 21.9 Å². The van der Waals surface area contributed by atoms with Crippen molar-refractivity contribution in [2.75, 3.05) is 11.9 Å². The van der Waals surface area contributed by atoms with Gasteiger partial charge in [-0.2, -0.15) is 5.10 Å². The monoisotopic (exact) mass is 330 g/mol. The average molecular weight is 331 g/mol. The average Bonchev–Trinajstić information content (AvgIpc) is 2.87. The third-order valence-electron chi connectivity index (χ3n) is 2.90. The second-order valence-electron chi connectivity index (χ2n) is 4.49. The molecule has 0 spiro atoms. The zero-order valence-electron chi connectivity index (χ0n) is 11.6. The molecule has 1 aromatic heterocycles. The van der Waals surface area contributed by atoms with E-state index in [1.54, 1.807) is 13.0 Å². The lowest BCUT2D eigenvalue weighted by Crippen LogP contribution is -2.07. The summed E-state index contributed by atoms with van der Waals surface area (Å²) in [4.78, 5) is 11.4. The Hall–Kier alpha value is -0.840. The highest BCUT2D eigenvalue weighted by atomic mass is 79.9. The number of ether oxygens (including phenoxy) is 1. The maximum absolute atomic E-state index is 11.4. The second kappa shape index (κ2) is 10.0. The van der Waals surface area contributed by atoms with Crippen molar-refractivity contribution in [1.82, 2.24) is 9.78 Å². The first-order valence-electron chi connectivity index (χ1n) is 7.04. The number of rotatable bonds is 10. The Morgan fingerprint density at radius 1 is 1.26 bits per heavy atom. The van der Waals surface area contributed by atoms with E-state index in [1.165, 1.54) is 32.1 Å². The van der Waals surface area contributed by atoms with Gasteiger partial charge in [-0.3, -0.25) is 4.68 Å². The molecule has 0 N–H and O–H groups in total. The number of carbonyl (C=O) groups is 1. The largest absolute Gasteiger partial charge is 0.461 e. The number of aryl methyl sites for hydroxylation is 1. The molecule has 0 aliphatic rings. The molecule has 0 saturated heterocycles. The van der Waals surface area contributed by atoms with Crippen molar-refractivity contribution in [2.45, 2.75) is 52.0 Å². The van der Waals surface area contributed by atoms with Crippen molar-refractivity contribution in [3.63, 3.8) is 0 Å². The molecule has 1 aromatic rings. The zero-order valence-corrected chi connectivity index (χ0v) is 13.2. The SMILES string of the molecule is CCOC(=O)c1ccn(CCCCCCCCBr)n1. The molecule has 19 heavy (non-hydrogen) atoms. The van der Waals surface area contributed by atoms with Crippen LogP contribution in [0.3, 0.4) is 0 Å². The highest BCUT2D eigenvalue weighted by Gasteiger charge is 2.09. The molecular weight excluding hydrogens is 308 g/mol. The first kappa shape index (κ1) is 16.2. The number of hydrogen-bond donors (Lipinski definition) is 0. The first-order valence-corrected chi connectivity index (χ1v) is 8.16. The fourth-order valence-electron chi connectivity index (χ4n) is 1.88. The first-order chi connectivity index (χ1) is 9.27. The maximum Gasteiger partial charge on any atom is 0.358 e. The van der Waals surface area contributed by atoms with Crippen LogP contribution < -0.4 is 0 Å². The quantitative estimate of drug-likeness (QED) is 0.372. The fourth-order valence-corrected chi connectivity index (χ4v) is 2.27. The molecule has 5 heteroatoms. The van der Waals surface area contributed by atoms with Gasteiger partial charge in [0.2, 0.25) is 0 Å². The van der Waals surface area contributed by atoms with Crippen molar-refractivity contribution in [3.8, 4) is 0 Å². The molecule has 4 nitrogen and oxygen atoms in total. The minimum Gasteiger partial charge on any atom is -0.461 e. The van der Waals surface area contributed by atoms with Crippen LogP contribution in [0.1, 0.15) is 55.9 Å². The van der Waals surface area contributed by atoms with Gasteiger partial charge >= 0.3 is 5.97 Å². The summed E-state index contributed by atoms with van der Waals surface area (Å²) in [6.07, 6.45) is 9.33. The van der Waals surface area contributed by atoms with E-state index in [9.17, 15) is 4.79 Å². The van der Waals surface area contributed by atoms with E-state index < -0.39 is 0 Å². The maximum atomic E-state index is 11.4. The van der Waals surface area contributed by atoms with Gasteiger partial charge in [0.1, 0.15) is 0 Å². The van der Waals surface area contributed by atoms with Crippen molar-refractivity contribution in [3.05, 3.63) is 18.0 Å². The van der Waals surface area contributed by atoms with Crippen LogP contribution in [0.4, 0.5) is 0 Å². The molecule has 0 fully saturated rings. The molecule has 108 valence electrons. The lowest BCUT2D eigenvalue weighted by atomic mass is 10.1. The van der Waals surface area contributed by atoms with E-state index in [1.807, 2.05) is 10.9 Å². The topological polar surface area (TPSA) is 44.1 Å². The summed E-state index contributed by atoms with van der Waals surface area (Å²) in [6, 6.07) is 1.72. The van der Waals surface area contributed by atoms with E-state index in [2.05, 4.69) is 21.0 Å². The summed E-state index contributed by atoms with van der Waals surface area (Å²) in [5, 5.41) is 5.32. The van der Waals surface area contributed by atoms with Crippen LogP contribution in [0.25, 0.3) is 0 Å². The number of unbranched alkanes of at least 4 members (excludes halogenated alkanes) is 5. The normalized spacial score (nSPS) is 10.6. The molecule has 0 amide bonds. The molecule has 0 saturated carbocycles. The number of halogens is 1. The van der Waals surface area contributed by atoms with Gasteiger partial charge in [-0.05, 0) is 25.8 Å². The van der Waals surface area contributed by atoms with E-state index in [4.69, 9.17) is 4.74 Å². The molecule has 0 unspecified atom stereocenters. The number of alkyl halides is 1. The molecule has 0 aliphatic heterocycles. The Balaban J connectivity index is 2.14. The van der Waals surface area contributed by atoms with Crippen LogP contribution in [0, 0.1) is 0 Å². The van der Waals surface area contributed by atoms with Crippen LogP contribution in [0.5, 0.6) is 0 Å². The van der Waals surface area contributed by atoms with Gasteiger partial charge < -0.3 is 4.74 Å². The van der Waals surface area contributed by atoms with Crippen LogP contribution in [0.2, 0.25) is 0 Å². The van der Waals surface area contributed by atoms with Crippen molar-refractivity contribution in [2.24, 2.45) is 0 Å². The van der Waals surface area contributed by atoms with Gasteiger partial charge in [0.25, 0.3) is 0 Å². The molecular formula is C14H23BrN2O2. The highest BCUT2D eigenvalue weighted by molar-refractivity contribution is 9.09. The van der Waals surface area contributed by atoms with Crippen LogP contribution in [-0.2, 0) is 11.3 Å². The molecule has 1 heterocycles. The van der Waals surface area contributed by atoms with Crippen molar-refractivity contribution in [1.29, 1.82) is 0 Å². The minimum atomic E-state index is -0.337. The van der Waals surface area contributed by atoms with Gasteiger partial charge in [0.05, 0.1) is 6.61 Å². The predicted octanol–water partition coefficient (Wildman–Crippen LogP) is 3.80. The van der Waals surface area contributed by atoms with Crippen molar-refractivity contribution < 1.29 is 9.53 Å². The van der Waals surface area contributed by atoms with Gasteiger partial charge in [0.15, 0.2) is 5.69 Å². The second-order valence-corrected chi connectivity index (χ2v) is 5.29. The molecule has 0 aromatic carbocycles. The number of aromatic nitrogens is 2. The third-order valence-corrected chi connectivity index (χ3v) is 3.46. The Labute approximate surface area is 123 Å². The number of hydrogen-bond acceptors (Lipinski definition) is 3. The number of esters is 1. The summed E-state index contributed by atoms with van der Waals surface area (Å²) >= 11 is 3.44. The standard InChI is InChI=1S/C14H23BrN2O2/c1-2-19-14(18)13-9-12-17(16-13)11-8-6-4-3-5-7-10-15/h9,12H,2-8,10-11H2,1H3. The molecule has 1 rings (SSSR count). The molecule has 0 bridgehead atoms. The number of nitrogens with zero attached hydrogens (tertiary/aromatic N) is 2. The smallest absolute Gasteiger partial charge is 0.358 e. The summed E-state index contributed by atoms with van der Waals surface area (Å²) in [7, 11) is 0. The van der Waals surface area contributed by atoms with E-state index in [-0.39, 0.29) is 5.97 Å². The van der Waals surface area contributed by atoms with Gasteiger partial charge in [-0.15, -0.1) is 0 Å². The lowest BCUT2D eigenvalue weighted by Gasteiger charge is -2.02. The van der Waals surface area contributed by atoms with Gasteiger partial charge in [-0.1, -0.05) is 41.6 Å². The van der Waals surface area contributed by atoms with Crippen LogP contribution in [-0.4, -0.2) is 27.7 Å². The fraction of sp³-hybridized carbons (Fsp3) is 0.714. The van der Waals surface area contributed by atoms with Crippen LogP contribution >= 0.6 is 15.9 Å². The third kappa shape index (κ3) is 6.76. The molecule has 0 radical (unpaired) electrons. The zero-order chi connectivity index (χ0) is 13.9. The molecule has 0 atom stereocenters. The Bertz CT molecular complexity index is 366. The van der Waals surface area contributed by atoms with Gasteiger partial charge in [-0.25, -0.2) is 4.79 Å². The summed E-state index contributed by atoms with van der Waals surface area (Å²) in [6.45, 7) is 3.06. The lowest BCUT2D eigenvalue weighted by molar-refractivity contribution is 0.0518. The predicted molar refractivity (Wildman–Crippen MR) is 79.7 cm³/mol. The number of carbonyl (C=O) groups excluding carboxylic acids is 1. The van der Waals surface area contributed by atoms with E-state index >= 15 is 0 Å². The molecule has 0 aliphatic carbocycles. The summed E-state index contributed by atoms with van der Waals surface area (Å²) in [5.74, 6) is -0.337. The Morgan fingerprint density at radius 3 is 2.63 bits per heavy atom. The summed E-state index contributed by atoms with van der Waals surface area (Å²) in [5.41, 5.74) is 0.402. The minimum absolute atomic E-state index is 0.337.